The summed E-state index contributed by atoms with van der Waals surface area (Å²) in [6.07, 6.45) is 0.653. The van der Waals surface area contributed by atoms with E-state index < -0.39 is 4.92 Å². The van der Waals surface area contributed by atoms with E-state index in [2.05, 4.69) is 4.98 Å². The molecule has 2 rings (SSSR count). The lowest BCUT2D eigenvalue weighted by Crippen LogP contribution is -1.86. The number of rotatable bonds is 4. The van der Waals surface area contributed by atoms with E-state index in [-0.39, 0.29) is 10.8 Å². The van der Waals surface area contributed by atoms with Gasteiger partial charge < -0.3 is 0 Å². The number of thiazole rings is 1. The standard InChI is InChI=1S/C10H5ClN2O3S2/c11-9-8(5-14)18-10(12-9)17-7-3-1-6(2-4-7)13(15)16/h1-5H. The molecule has 0 aliphatic carbocycles. The van der Waals surface area contributed by atoms with Gasteiger partial charge in [0, 0.05) is 17.0 Å². The first kappa shape index (κ1) is 13.0. The Morgan fingerprint density at radius 2 is 2.06 bits per heavy atom. The highest BCUT2D eigenvalue weighted by Crippen LogP contribution is 2.34. The molecule has 0 bridgehead atoms. The van der Waals surface area contributed by atoms with Crippen LogP contribution in [-0.2, 0) is 0 Å². The number of carbonyl (C=O) groups excluding carboxylic acids is 1. The number of nitro benzene ring substituents is 1. The molecule has 0 N–H and O–H groups in total. The lowest BCUT2D eigenvalue weighted by Gasteiger charge is -1.96. The first-order valence-electron chi connectivity index (χ1n) is 4.64. The molecule has 1 aromatic carbocycles. The highest BCUT2D eigenvalue weighted by Gasteiger charge is 2.10. The summed E-state index contributed by atoms with van der Waals surface area (Å²) >= 11 is 8.23. The summed E-state index contributed by atoms with van der Waals surface area (Å²) in [7, 11) is 0. The van der Waals surface area contributed by atoms with E-state index >= 15 is 0 Å². The largest absolute Gasteiger partial charge is 0.297 e. The fourth-order valence-corrected chi connectivity index (χ4v) is 3.33. The minimum Gasteiger partial charge on any atom is -0.297 e. The Balaban J connectivity index is 2.17. The third-order valence-electron chi connectivity index (χ3n) is 1.95. The number of nitrogens with zero attached hydrogens (tertiary/aromatic N) is 2. The summed E-state index contributed by atoms with van der Waals surface area (Å²) in [5.74, 6) is 0. The van der Waals surface area contributed by atoms with Gasteiger partial charge in [-0.1, -0.05) is 23.4 Å². The van der Waals surface area contributed by atoms with Crippen molar-refractivity contribution in [3.63, 3.8) is 0 Å². The van der Waals surface area contributed by atoms with Crippen molar-refractivity contribution in [2.24, 2.45) is 0 Å². The summed E-state index contributed by atoms with van der Waals surface area (Å²) in [6, 6.07) is 6.08. The molecule has 0 aliphatic heterocycles. The Bertz CT molecular complexity index is 598. The summed E-state index contributed by atoms with van der Waals surface area (Å²) in [5, 5.41) is 10.7. The topological polar surface area (TPSA) is 73.1 Å². The predicted molar refractivity (Wildman–Crippen MR) is 69.7 cm³/mol. The molecule has 0 amide bonds. The van der Waals surface area contributed by atoms with Gasteiger partial charge >= 0.3 is 0 Å². The van der Waals surface area contributed by atoms with E-state index in [0.29, 0.717) is 15.5 Å². The van der Waals surface area contributed by atoms with Crippen molar-refractivity contribution in [1.29, 1.82) is 0 Å². The average molecular weight is 301 g/mol. The van der Waals surface area contributed by atoms with E-state index in [9.17, 15) is 14.9 Å². The highest BCUT2D eigenvalue weighted by atomic mass is 35.5. The molecule has 0 aliphatic rings. The maximum absolute atomic E-state index is 10.6. The van der Waals surface area contributed by atoms with E-state index in [1.165, 1.54) is 35.2 Å². The molecule has 0 saturated heterocycles. The molecular weight excluding hydrogens is 296 g/mol. The van der Waals surface area contributed by atoms with Gasteiger partial charge in [-0.25, -0.2) is 4.98 Å². The number of non-ortho nitro benzene ring substituents is 1. The molecule has 0 spiro atoms. The SMILES string of the molecule is O=Cc1sc(Sc2ccc([N+](=O)[O-])cc2)nc1Cl. The Morgan fingerprint density at radius 1 is 1.39 bits per heavy atom. The number of hydrogen-bond acceptors (Lipinski definition) is 6. The van der Waals surface area contributed by atoms with E-state index in [1.807, 2.05) is 0 Å². The van der Waals surface area contributed by atoms with Crippen LogP contribution in [0.15, 0.2) is 33.5 Å². The minimum atomic E-state index is -0.459. The van der Waals surface area contributed by atoms with Crippen LogP contribution in [-0.4, -0.2) is 16.2 Å². The molecule has 0 radical (unpaired) electrons. The van der Waals surface area contributed by atoms with Crippen LogP contribution in [0, 0.1) is 10.1 Å². The van der Waals surface area contributed by atoms with Crippen molar-refractivity contribution in [1.82, 2.24) is 4.98 Å². The Hall–Kier alpha value is -1.44. The van der Waals surface area contributed by atoms with Crippen molar-refractivity contribution in [2.75, 3.05) is 0 Å². The zero-order valence-electron chi connectivity index (χ0n) is 8.70. The Labute approximate surface area is 115 Å². The lowest BCUT2D eigenvalue weighted by atomic mass is 10.3. The molecule has 92 valence electrons. The molecule has 1 heterocycles. The summed E-state index contributed by atoms with van der Waals surface area (Å²) in [6.45, 7) is 0. The molecule has 0 fully saturated rings. The van der Waals surface area contributed by atoms with E-state index in [0.717, 1.165) is 4.90 Å². The molecule has 0 saturated carbocycles. The number of halogens is 1. The summed E-state index contributed by atoms with van der Waals surface area (Å²) in [5.41, 5.74) is 0.0325. The zero-order chi connectivity index (χ0) is 13.1. The van der Waals surface area contributed by atoms with Crippen molar-refractivity contribution in [2.45, 2.75) is 9.24 Å². The van der Waals surface area contributed by atoms with Crippen molar-refractivity contribution >= 4 is 46.7 Å². The monoisotopic (exact) mass is 300 g/mol. The highest BCUT2D eigenvalue weighted by molar-refractivity contribution is 8.01. The summed E-state index contributed by atoms with van der Waals surface area (Å²) < 4.78 is 0.621. The quantitative estimate of drug-likeness (QED) is 0.489. The van der Waals surface area contributed by atoms with Crippen molar-refractivity contribution < 1.29 is 9.72 Å². The van der Waals surface area contributed by atoms with Crippen LogP contribution in [0.25, 0.3) is 0 Å². The van der Waals surface area contributed by atoms with Crippen molar-refractivity contribution in [3.05, 3.63) is 44.4 Å². The van der Waals surface area contributed by atoms with Crippen LogP contribution >= 0.6 is 34.7 Å². The molecule has 0 unspecified atom stereocenters. The third kappa shape index (κ3) is 2.87. The van der Waals surface area contributed by atoms with E-state index in [4.69, 9.17) is 11.6 Å². The van der Waals surface area contributed by atoms with Crippen LogP contribution in [0.1, 0.15) is 9.67 Å². The first-order valence-corrected chi connectivity index (χ1v) is 6.65. The van der Waals surface area contributed by atoms with Gasteiger partial charge in [-0.15, -0.1) is 11.3 Å². The van der Waals surface area contributed by atoms with Crippen LogP contribution in [0.5, 0.6) is 0 Å². The molecule has 18 heavy (non-hydrogen) atoms. The fourth-order valence-electron chi connectivity index (χ4n) is 1.15. The molecule has 2 aromatic rings. The van der Waals surface area contributed by atoms with Gasteiger partial charge in [-0.05, 0) is 12.1 Å². The predicted octanol–water partition coefficient (Wildman–Crippen LogP) is 3.67. The fraction of sp³-hybridized carbons (Fsp3) is 0. The third-order valence-corrected chi connectivity index (χ3v) is 4.40. The smallest absolute Gasteiger partial charge is 0.269 e. The molecule has 8 heteroatoms. The number of carbonyl (C=O) groups is 1. The van der Waals surface area contributed by atoms with Gasteiger partial charge in [-0.2, -0.15) is 0 Å². The van der Waals surface area contributed by atoms with Gasteiger partial charge in [0.1, 0.15) is 4.88 Å². The van der Waals surface area contributed by atoms with Gasteiger partial charge in [0.05, 0.1) is 4.92 Å². The Kier molecular flexibility index (Phi) is 3.95. The van der Waals surface area contributed by atoms with Crippen LogP contribution in [0.2, 0.25) is 5.15 Å². The number of hydrogen-bond donors (Lipinski definition) is 0. The second-order valence-corrected chi connectivity index (χ2v) is 5.82. The van der Waals surface area contributed by atoms with Crippen molar-refractivity contribution in [3.8, 4) is 0 Å². The number of aromatic nitrogens is 1. The number of aldehydes is 1. The second kappa shape index (κ2) is 5.47. The maximum Gasteiger partial charge on any atom is 0.269 e. The first-order chi connectivity index (χ1) is 8.60. The van der Waals surface area contributed by atoms with Crippen LogP contribution in [0.4, 0.5) is 5.69 Å². The normalized spacial score (nSPS) is 10.3. The maximum atomic E-state index is 10.6. The van der Waals surface area contributed by atoms with E-state index in [1.54, 1.807) is 12.1 Å². The Morgan fingerprint density at radius 3 is 2.56 bits per heavy atom. The van der Waals surface area contributed by atoms with Gasteiger partial charge in [0.15, 0.2) is 15.8 Å². The van der Waals surface area contributed by atoms with Gasteiger partial charge in [0.2, 0.25) is 0 Å². The minimum absolute atomic E-state index is 0.0325. The average Bonchev–Trinajstić information content (AvgIpc) is 2.70. The lowest BCUT2D eigenvalue weighted by molar-refractivity contribution is -0.384. The van der Waals surface area contributed by atoms with Gasteiger partial charge in [0.25, 0.3) is 5.69 Å². The molecule has 1 aromatic heterocycles. The van der Waals surface area contributed by atoms with Crippen LogP contribution in [0.3, 0.4) is 0 Å². The number of nitro groups is 1. The van der Waals surface area contributed by atoms with Crippen LogP contribution < -0.4 is 0 Å². The van der Waals surface area contributed by atoms with Gasteiger partial charge in [-0.3, -0.25) is 14.9 Å². The number of benzene rings is 1. The summed E-state index contributed by atoms with van der Waals surface area (Å²) in [4.78, 5) is 25.8. The zero-order valence-corrected chi connectivity index (χ0v) is 11.1. The molecule has 5 nitrogen and oxygen atoms in total. The molecule has 0 atom stereocenters. The molecular formula is C10H5ClN2O3S2. The second-order valence-electron chi connectivity index (χ2n) is 3.11.